The average molecular weight is 193 g/mol. The fraction of sp³-hybridized carbons (Fsp3) is 0.500. The Morgan fingerprint density at radius 3 is 2.71 bits per heavy atom. The Kier molecular flexibility index (Phi) is 2.55. The van der Waals surface area contributed by atoms with E-state index in [2.05, 4.69) is 0 Å². The van der Waals surface area contributed by atoms with Gasteiger partial charge in [0.15, 0.2) is 0 Å². The highest BCUT2D eigenvalue weighted by atomic mass is 19.1. The Balaban J connectivity index is 2.28. The van der Waals surface area contributed by atoms with Gasteiger partial charge in [-0.05, 0) is 42.9 Å². The van der Waals surface area contributed by atoms with E-state index >= 15 is 0 Å². The van der Waals surface area contributed by atoms with Crippen LogP contribution in [0.25, 0.3) is 0 Å². The molecule has 1 nitrogen and oxygen atoms in total. The van der Waals surface area contributed by atoms with E-state index in [-0.39, 0.29) is 11.9 Å². The van der Waals surface area contributed by atoms with Crippen LogP contribution < -0.4 is 5.73 Å². The molecule has 14 heavy (non-hydrogen) atoms. The molecule has 2 unspecified atom stereocenters. The molecule has 1 fully saturated rings. The van der Waals surface area contributed by atoms with Crippen molar-refractivity contribution in [3.63, 3.8) is 0 Å². The Morgan fingerprint density at radius 2 is 2.14 bits per heavy atom. The molecule has 2 atom stereocenters. The van der Waals surface area contributed by atoms with E-state index in [9.17, 15) is 4.39 Å². The fourth-order valence-corrected chi connectivity index (χ4v) is 2.24. The standard InChI is InChI=1S/C12H16FN/c1-8-5-6-9(7-11(8)13)10-3-2-4-12(10)14/h5-7,10,12H,2-4,14H2,1H3. The van der Waals surface area contributed by atoms with Crippen LogP contribution in [0.3, 0.4) is 0 Å². The Bertz CT molecular complexity index is 335. The summed E-state index contributed by atoms with van der Waals surface area (Å²) < 4.78 is 13.3. The van der Waals surface area contributed by atoms with E-state index in [1.54, 1.807) is 13.0 Å². The Labute approximate surface area is 84.1 Å². The largest absolute Gasteiger partial charge is 0.327 e. The van der Waals surface area contributed by atoms with E-state index in [0.717, 1.165) is 18.4 Å². The minimum absolute atomic E-state index is 0.110. The third-order valence-corrected chi connectivity index (χ3v) is 3.19. The first-order valence-electron chi connectivity index (χ1n) is 5.20. The summed E-state index contributed by atoms with van der Waals surface area (Å²) in [5.41, 5.74) is 7.75. The van der Waals surface area contributed by atoms with Crippen molar-refractivity contribution in [3.8, 4) is 0 Å². The van der Waals surface area contributed by atoms with Crippen LogP contribution in [0.1, 0.15) is 36.3 Å². The van der Waals surface area contributed by atoms with E-state index in [1.807, 2.05) is 12.1 Å². The molecule has 2 heteroatoms. The molecule has 1 aliphatic carbocycles. The lowest BCUT2D eigenvalue weighted by Gasteiger charge is -2.16. The lowest BCUT2D eigenvalue weighted by molar-refractivity contribution is 0.589. The number of hydrogen-bond acceptors (Lipinski definition) is 1. The quantitative estimate of drug-likeness (QED) is 0.729. The van der Waals surface area contributed by atoms with Crippen LogP contribution in [-0.4, -0.2) is 6.04 Å². The molecular weight excluding hydrogens is 177 g/mol. The molecule has 0 radical (unpaired) electrons. The monoisotopic (exact) mass is 193 g/mol. The molecule has 0 aliphatic heterocycles. The highest BCUT2D eigenvalue weighted by Crippen LogP contribution is 2.33. The summed E-state index contributed by atoms with van der Waals surface area (Å²) in [5.74, 6) is 0.256. The first kappa shape index (κ1) is 9.66. The van der Waals surface area contributed by atoms with Gasteiger partial charge in [-0.1, -0.05) is 18.6 Å². The maximum absolute atomic E-state index is 13.3. The molecule has 0 aromatic heterocycles. The van der Waals surface area contributed by atoms with Gasteiger partial charge in [-0.3, -0.25) is 0 Å². The predicted molar refractivity (Wildman–Crippen MR) is 55.7 cm³/mol. The van der Waals surface area contributed by atoms with Gasteiger partial charge >= 0.3 is 0 Å². The molecule has 76 valence electrons. The summed E-state index contributed by atoms with van der Waals surface area (Å²) in [4.78, 5) is 0. The minimum Gasteiger partial charge on any atom is -0.327 e. The number of benzene rings is 1. The second-order valence-electron chi connectivity index (χ2n) is 4.21. The van der Waals surface area contributed by atoms with Crippen LogP contribution in [0.4, 0.5) is 4.39 Å². The van der Waals surface area contributed by atoms with Crippen LogP contribution in [0.5, 0.6) is 0 Å². The van der Waals surface area contributed by atoms with Crippen molar-refractivity contribution >= 4 is 0 Å². The van der Waals surface area contributed by atoms with Crippen LogP contribution in [0.2, 0.25) is 0 Å². The summed E-state index contributed by atoms with van der Waals surface area (Å²) in [5, 5.41) is 0. The van der Waals surface area contributed by atoms with Crippen LogP contribution >= 0.6 is 0 Å². The second kappa shape index (κ2) is 3.70. The second-order valence-corrected chi connectivity index (χ2v) is 4.21. The molecule has 2 N–H and O–H groups in total. The zero-order valence-corrected chi connectivity index (χ0v) is 8.46. The van der Waals surface area contributed by atoms with Gasteiger partial charge in [0.05, 0.1) is 0 Å². The first-order valence-corrected chi connectivity index (χ1v) is 5.20. The number of rotatable bonds is 1. The van der Waals surface area contributed by atoms with Crippen molar-refractivity contribution in [2.24, 2.45) is 5.73 Å². The SMILES string of the molecule is Cc1ccc(C2CCCC2N)cc1F. The van der Waals surface area contributed by atoms with Crippen LogP contribution in [0.15, 0.2) is 18.2 Å². The molecule has 0 amide bonds. The number of aryl methyl sites for hydroxylation is 1. The molecule has 0 spiro atoms. The zero-order chi connectivity index (χ0) is 10.1. The number of hydrogen-bond donors (Lipinski definition) is 1. The van der Waals surface area contributed by atoms with Gasteiger partial charge in [0.1, 0.15) is 5.82 Å². The Hall–Kier alpha value is -0.890. The van der Waals surface area contributed by atoms with Crippen molar-refractivity contribution < 1.29 is 4.39 Å². The van der Waals surface area contributed by atoms with E-state index in [0.29, 0.717) is 11.5 Å². The highest BCUT2D eigenvalue weighted by Gasteiger charge is 2.25. The summed E-state index contributed by atoms with van der Waals surface area (Å²) in [6.45, 7) is 1.79. The topological polar surface area (TPSA) is 26.0 Å². The fourth-order valence-electron chi connectivity index (χ4n) is 2.24. The van der Waals surface area contributed by atoms with Crippen molar-refractivity contribution in [1.82, 2.24) is 0 Å². The molecular formula is C12H16FN. The first-order chi connectivity index (χ1) is 6.68. The van der Waals surface area contributed by atoms with Gasteiger partial charge in [0.2, 0.25) is 0 Å². The highest BCUT2D eigenvalue weighted by molar-refractivity contribution is 5.27. The molecule has 1 saturated carbocycles. The smallest absolute Gasteiger partial charge is 0.126 e. The maximum Gasteiger partial charge on any atom is 0.126 e. The zero-order valence-electron chi connectivity index (χ0n) is 8.46. The molecule has 1 aromatic rings. The van der Waals surface area contributed by atoms with Gasteiger partial charge < -0.3 is 5.73 Å². The third-order valence-electron chi connectivity index (χ3n) is 3.19. The summed E-state index contributed by atoms with van der Waals surface area (Å²) in [6, 6.07) is 5.71. The van der Waals surface area contributed by atoms with Crippen LogP contribution in [-0.2, 0) is 0 Å². The van der Waals surface area contributed by atoms with Gasteiger partial charge in [0.25, 0.3) is 0 Å². The van der Waals surface area contributed by atoms with E-state index < -0.39 is 0 Å². The van der Waals surface area contributed by atoms with Crippen molar-refractivity contribution in [1.29, 1.82) is 0 Å². The number of halogens is 1. The Morgan fingerprint density at radius 1 is 1.36 bits per heavy atom. The predicted octanol–water partition coefficient (Wildman–Crippen LogP) is 2.73. The summed E-state index contributed by atoms with van der Waals surface area (Å²) >= 11 is 0. The lowest BCUT2D eigenvalue weighted by atomic mass is 9.94. The molecule has 1 aliphatic rings. The van der Waals surface area contributed by atoms with Gasteiger partial charge in [-0.15, -0.1) is 0 Å². The van der Waals surface area contributed by atoms with Crippen molar-refractivity contribution in [3.05, 3.63) is 35.1 Å². The summed E-state index contributed by atoms with van der Waals surface area (Å²) in [7, 11) is 0. The van der Waals surface area contributed by atoms with E-state index in [1.165, 1.54) is 6.42 Å². The van der Waals surface area contributed by atoms with E-state index in [4.69, 9.17) is 5.73 Å². The molecule has 1 aromatic carbocycles. The maximum atomic E-state index is 13.3. The lowest BCUT2D eigenvalue weighted by Crippen LogP contribution is -2.22. The van der Waals surface area contributed by atoms with Gasteiger partial charge in [0, 0.05) is 6.04 Å². The van der Waals surface area contributed by atoms with Crippen molar-refractivity contribution in [2.45, 2.75) is 38.1 Å². The third kappa shape index (κ3) is 1.67. The summed E-state index contributed by atoms with van der Waals surface area (Å²) in [6.07, 6.45) is 3.34. The molecule has 0 heterocycles. The molecule has 0 bridgehead atoms. The van der Waals surface area contributed by atoms with Crippen LogP contribution in [0, 0.1) is 12.7 Å². The normalized spacial score (nSPS) is 26.8. The van der Waals surface area contributed by atoms with Gasteiger partial charge in [-0.25, -0.2) is 4.39 Å². The van der Waals surface area contributed by atoms with Crippen molar-refractivity contribution in [2.75, 3.05) is 0 Å². The van der Waals surface area contributed by atoms with Gasteiger partial charge in [-0.2, -0.15) is 0 Å². The minimum atomic E-state index is -0.110. The number of nitrogens with two attached hydrogens (primary N) is 1. The average Bonchev–Trinajstić information content (AvgIpc) is 2.57. The molecule has 0 saturated heterocycles. The molecule has 2 rings (SSSR count).